The fourth-order valence-electron chi connectivity index (χ4n) is 2.30. The van der Waals surface area contributed by atoms with Crippen LogP contribution in [-0.4, -0.2) is 35.1 Å². The summed E-state index contributed by atoms with van der Waals surface area (Å²) in [5.41, 5.74) is 1.50. The molecule has 3 N–H and O–H groups in total. The van der Waals surface area contributed by atoms with Crippen LogP contribution in [0.25, 0.3) is 10.9 Å². The lowest BCUT2D eigenvalue weighted by Gasteiger charge is -2.17. The maximum atomic E-state index is 13.2. The standard InChI is InChI=1S/C15H18FN3O2S/c1-9(20)19-14(15(21)17-4-5-22)6-10-8-18-13-7-11(16)2-3-12(10)13/h2-3,7-8,14,18,22H,4-6H2,1H3,(H,17,21)(H,19,20). The van der Waals surface area contributed by atoms with Crippen LogP contribution < -0.4 is 10.6 Å². The molecule has 1 aromatic carbocycles. The van der Waals surface area contributed by atoms with Gasteiger partial charge in [0.05, 0.1) is 0 Å². The second kappa shape index (κ2) is 7.31. The number of fused-ring (bicyclic) bond motifs is 1. The van der Waals surface area contributed by atoms with Crippen molar-refractivity contribution >= 4 is 35.3 Å². The van der Waals surface area contributed by atoms with Crippen LogP contribution in [0.3, 0.4) is 0 Å². The van der Waals surface area contributed by atoms with Gasteiger partial charge in [0, 0.05) is 42.7 Å². The SMILES string of the molecule is CC(=O)NC(Cc1c[nH]c2cc(F)ccc12)C(=O)NCCS. The second-order valence-electron chi connectivity index (χ2n) is 4.98. The summed E-state index contributed by atoms with van der Waals surface area (Å²) in [5.74, 6) is -0.353. The van der Waals surface area contributed by atoms with E-state index in [0.29, 0.717) is 24.2 Å². The predicted octanol–water partition coefficient (Wildman–Crippen LogP) is 1.40. The second-order valence-corrected chi connectivity index (χ2v) is 5.42. The molecule has 0 fully saturated rings. The van der Waals surface area contributed by atoms with Crippen molar-refractivity contribution in [2.75, 3.05) is 12.3 Å². The molecule has 1 aromatic heterocycles. The van der Waals surface area contributed by atoms with Crippen LogP contribution in [0.2, 0.25) is 0 Å². The van der Waals surface area contributed by atoms with E-state index in [1.165, 1.54) is 19.1 Å². The minimum absolute atomic E-state index is 0.263. The molecule has 1 atom stereocenters. The first-order chi connectivity index (χ1) is 10.5. The number of benzene rings is 1. The zero-order chi connectivity index (χ0) is 16.1. The molecule has 0 saturated heterocycles. The number of hydrogen-bond donors (Lipinski definition) is 4. The monoisotopic (exact) mass is 323 g/mol. The zero-order valence-electron chi connectivity index (χ0n) is 12.1. The summed E-state index contributed by atoms with van der Waals surface area (Å²) in [6, 6.07) is 3.75. The average Bonchev–Trinajstić information content (AvgIpc) is 2.85. The van der Waals surface area contributed by atoms with Crippen molar-refractivity contribution in [2.24, 2.45) is 0 Å². The zero-order valence-corrected chi connectivity index (χ0v) is 13.0. The fraction of sp³-hybridized carbons (Fsp3) is 0.333. The molecule has 0 spiro atoms. The van der Waals surface area contributed by atoms with Gasteiger partial charge in [-0.2, -0.15) is 12.6 Å². The molecule has 0 aliphatic heterocycles. The van der Waals surface area contributed by atoms with Gasteiger partial charge in [-0.3, -0.25) is 9.59 Å². The first-order valence-electron chi connectivity index (χ1n) is 6.92. The first kappa shape index (κ1) is 16.4. The van der Waals surface area contributed by atoms with E-state index in [0.717, 1.165) is 10.9 Å². The molecule has 2 amide bonds. The molecule has 0 saturated carbocycles. The van der Waals surface area contributed by atoms with Crippen molar-refractivity contribution < 1.29 is 14.0 Å². The van der Waals surface area contributed by atoms with E-state index in [2.05, 4.69) is 28.2 Å². The van der Waals surface area contributed by atoms with Crippen LogP contribution >= 0.6 is 12.6 Å². The normalized spacial score (nSPS) is 12.1. The third-order valence-corrected chi connectivity index (χ3v) is 3.48. The van der Waals surface area contributed by atoms with E-state index in [9.17, 15) is 14.0 Å². The Morgan fingerprint density at radius 1 is 1.41 bits per heavy atom. The lowest BCUT2D eigenvalue weighted by molar-refractivity contribution is -0.127. The Kier molecular flexibility index (Phi) is 5.43. The molecule has 1 unspecified atom stereocenters. The molecule has 7 heteroatoms. The number of carbonyl (C=O) groups excluding carboxylic acids is 2. The molecule has 0 aliphatic carbocycles. The largest absolute Gasteiger partial charge is 0.361 e. The van der Waals surface area contributed by atoms with Crippen molar-refractivity contribution in [1.82, 2.24) is 15.6 Å². The molecule has 1 heterocycles. The Hall–Kier alpha value is -2.02. The van der Waals surface area contributed by atoms with Gasteiger partial charge in [-0.1, -0.05) is 0 Å². The van der Waals surface area contributed by atoms with Gasteiger partial charge in [0.2, 0.25) is 11.8 Å². The van der Waals surface area contributed by atoms with Gasteiger partial charge in [0.25, 0.3) is 0 Å². The van der Waals surface area contributed by atoms with Crippen LogP contribution in [-0.2, 0) is 16.0 Å². The minimum atomic E-state index is -0.679. The number of carbonyl (C=O) groups is 2. The quantitative estimate of drug-likeness (QED) is 0.607. The van der Waals surface area contributed by atoms with Crippen LogP contribution in [0.15, 0.2) is 24.4 Å². The van der Waals surface area contributed by atoms with Crippen molar-refractivity contribution in [3.05, 3.63) is 35.8 Å². The van der Waals surface area contributed by atoms with E-state index >= 15 is 0 Å². The van der Waals surface area contributed by atoms with E-state index in [4.69, 9.17) is 0 Å². The molecule has 2 aromatic rings. The topological polar surface area (TPSA) is 74.0 Å². The Morgan fingerprint density at radius 3 is 2.86 bits per heavy atom. The maximum Gasteiger partial charge on any atom is 0.242 e. The molecule has 0 aliphatic rings. The Balaban J connectivity index is 2.20. The molecule has 5 nitrogen and oxygen atoms in total. The van der Waals surface area contributed by atoms with Crippen LogP contribution in [0.4, 0.5) is 4.39 Å². The summed E-state index contributed by atoms with van der Waals surface area (Å²) >= 11 is 4.04. The fourth-order valence-corrected chi connectivity index (χ4v) is 2.42. The van der Waals surface area contributed by atoms with E-state index < -0.39 is 6.04 Å². The molecule has 118 valence electrons. The lowest BCUT2D eigenvalue weighted by atomic mass is 10.0. The van der Waals surface area contributed by atoms with Crippen molar-refractivity contribution in [3.63, 3.8) is 0 Å². The Labute approximate surface area is 133 Å². The highest BCUT2D eigenvalue weighted by atomic mass is 32.1. The number of halogens is 1. The Morgan fingerprint density at radius 2 is 2.18 bits per heavy atom. The van der Waals surface area contributed by atoms with Gasteiger partial charge in [-0.05, 0) is 23.8 Å². The van der Waals surface area contributed by atoms with Gasteiger partial charge >= 0.3 is 0 Å². The number of nitrogens with one attached hydrogen (secondary N) is 3. The van der Waals surface area contributed by atoms with E-state index in [1.807, 2.05) is 0 Å². The smallest absolute Gasteiger partial charge is 0.242 e. The molecule has 0 radical (unpaired) electrons. The summed E-state index contributed by atoms with van der Waals surface area (Å²) in [6.07, 6.45) is 2.05. The summed E-state index contributed by atoms with van der Waals surface area (Å²) in [4.78, 5) is 26.4. The number of aromatic amines is 1. The molecular formula is C15H18FN3O2S. The van der Waals surface area contributed by atoms with Gasteiger partial charge in [-0.25, -0.2) is 4.39 Å². The van der Waals surface area contributed by atoms with Crippen molar-refractivity contribution in [1.29, 1.82) is 0 Å². The molecule has 0 bridgehead atoms. The average molecular weight is 323 g/mol. The maximum absolute atomic E-state index is 13.2. The van der Waals surface area contributed by atoms with Gasteiger partial charge < -0.3 is 15.6 Å². The van der Waals surface area contributed by atoms with E-state index in [1.54, 1.807) is 12.3 Å². The molecule has 22 heavy (non-hydrogen) atoms. The van der Waals surface area contributed by atoms with E-state index in [-0.39, 0.29) is 17.6 Å². The van der Waals surface area contributed by atoms with Gasteiger partial charge in [0.15, 0.2) is 0 Å². The highest BCUT2D eigenvalue weighted by Crippen LogP contribution is 2.20. The summed E-state index contributed by atoms with van der Waals surface area (Å²) < 4.78 is 13.2. The lowest BCUT2D eigenvalue weighted by Crippen LogP contribution is -2.47. The molecule has 2 rings (SSSR count). The summed E-state index contributed by atoms with van der Waals surface area (Å²) in [7, 11) is 0. The number of amides is 2. The van der Waals surface area contributed by atoms with Crippen molar-refractivity contribution in [3.8, 4) is 0 Å². The number of hydrogen-bond acceptors (Lipinski definition) is 3. The van der Waals surface area contributed by atoms with Gasteiger partial charge in [-0.15, -0.1) is 0 Å². The van der Waals surface area contributed by atoms with Crippen LogP contribution in [0, 0.1) is 5.82 Å². The number of H-pyrrole nitrogens is 1. The third-order valence-electron chi connectivity index (χ3n) is 3.26. The molecular weight excluding hydrogens is 305 g/mol. The number of thiol groups is 1. The van der Waals surface area contributed by atoms with Crippen LogP contribution in [0.1, 0.15) is 12.5 Å². The minimum Gasteiger partial charge on any atom is -0.361 e. The summed E-state index contributed by atoms with van der Waals surface area (Å²) in [6.45, 7) is 1.79. The highest BCUT2D eigenvalue weighted by Gasteiger charge is 2.21. The number of rotatable bonds is 6. The Bertz CT molecular complexity index is 686. The third kappa shape index (κ3) is 4.00. The number of aromatic nitrogens is 1. The van der Waals surface area contributed by atoms with Gasteiger partial charge in [0.1, 0.15) is 11.9 Å². The van der Waals surface area contributed by atoms with Crippen molar-refractivity contribution in [2.45, 2.75) is 19.4 Å². The highest BCUT2D eigenvalue weighted by molar-refractivity contribution is 7.80. The predicted molar refractivity (Wildman–Crippen MR) is 86.4 cm³/mol. The van der Waals surface area contributed by atoms with Crippen LogP contribution in [0.5, 0.6) is 0 Å². The first-order valence-corrected chi connectivity index (χ1v) is 7.55. The summed E-state index contributed by atoms with van der Waals surface area (Å²) in [5, 5.41) is 6.18.